The van der Waals surface area contributed by atoms with Gasteiger partial charge in [0.15, 0.2) is 0 Å². The van der Waals surface area contributed by atoms with Crippen molar-refractivity contribution in [1.29, 1.82) is 0 Å². The molecule has 18 heavy (non-hydrogen) atoms. The highest BCUT2D eigenvalue weighted by molar-refractivity contribution is 5.09. The normalized spacial score (nSPS) is 25.9. The lowest BCUT2D eigenvalue weighted by Crippen LogP contribution is -2.22. The molecule has 1 aliphatic rings. The lowest BCUT2D eigenvalue weighted by Gasteiger charge is -2.25. The average Bonchev–Trinajstić information content (AvgIpc) is 2.39. The lowest BCUT2D eigenvalue weighted by atomic mass is 9.82. The first-order valence-electron chi connectivity index (χ1n) is 7.25. The number of nitrogens with zero attached hydrogens (tertiary/aromatic N) is 2. The van der Waals surface area contributed by atoms with Gasteiger partial charge in [-0.1, -0.05) is 26.7 Å². The Morgan fingerprint density at radius 1 is 1.33 bits per heavy atom. The molecule has 1 heterocycles. The molecule has 100 valence electrons. The van der Waals surface area contributed by atoms with Crippen LogP contribution < -0.4 is 5.73 Å². The summed E-state index contributed by atoms with van der Waals surface area (Å²) >= 11 is 0. The molecule has 2 rings (SSSR count). The summed E-state index contributed by atoms with van der Waals surface area (Å²) in [5.74, 6) is 2.43. The van der Waals surface area contributed by atoms with Gasteiger partial charge in [-0.2, -0.15) is 0 Å². The fourth-order valence-corrected chi connectivity index (χ4v) is 2.80. The molecule has 3 nitrogen and oxygen atoms in total. The van der Waals surface area contributed by atoms with Crippen molar-refractivity contribution < 1.29 is 0 Å². The molecular formula is C15H25N3. The van der Waals surface area contributed by atoms with Crippen LogP contribution >= 0.6 is 0 Å². The smallest absolute Gasteiger partial charge is 0.131 e. The van der Waals surface area contributed by atoms with Crippen LogP contribution in [-0.4, -0.2) is 16.0 Å². The molecule has 2 N–H and O–H groups in total. The van der Waals surface area contributed by atoms with Crippen LogP contribution in [0.5, 0.6) is 0 Å². The van der Waals surface area contributed by atoms with Crippen LogP contribution in [0.1, 0.15) is 63.3 Å². The summed E-state index contributed by atoms with van der Waals surface area (Å²) in [6, 6.07) is 0.231. The number of hydrogen-bond acceptors (Lipinski definition) is 3. The van der Waals surface area contributed by atoms with Gasteiger partial charge in [-0.25, -0.2) is 9.97 Å². The van der Waals surface area contributed by atoms with E-state index in [0.29, 0.717) is 5.92 Å². The van der Waals surface area contributed by atoms with Crippen LogP contribution in [0.15, 0.2) is 12.4 Å². The molecular weight excluding hydrogens is 222 g/mol. The molecule has 1 saturated carbocycles. The molecule has 1 aromatic rings. The van der Waals surface area contributed by atoms with E-state index in [1.807, 2.05) is 12.4 Å². The molecule has 0 amide bonds. The quantitative estimate of drug-likeness (QED) is 0.889. The zero-order valence-corrected chi connectivity index (χ0v) is 11.6. The summed E-state index contributed by atoms with van der Waals surface area (Å²) in [6.07, 6.45) is 11.0. The minimum Gasteiger partial charge on any atom is -0.327 e. The second kappa shape index (κ2) is 6.28. The van der Waals surface area contributed by atoms with Gasteiger partial charge in [0.2, 0.25) is 0 Å². The predicted molar refractivity (Wildman–Crippen MR) is 74.4 cm³/mol. The van der Waals surface area contributed by atoms with Crippen molar-refractivity contribution in [3.8, 4) is 0 Å². The van der Waals surface area contributed by atoms with Crippen LogP contribution in [0.3, 0.4) is 0 Å². The standard InChI is InChI=1S/C15H25N3/c1-3-14(16)8-12-9-17-15(18-10-12)13-6-4-5-11(2)7-13/h9-11,13-14H,3-8,16H2,1-2H3. The van der Waals surface area contributed by atoms with Gasteiger partial charge in [0.1, 0.15) is 5.82 Å². The van der Waals surface area contributed by atoms with Crippen LogP contribution in [-0.2, 0) is 6.42 Å². The molecule has 0 spiro atoms. The summed E-state index contributed by atoms with van der Waals surface area (Å²) in [4.78, 5) is 9.11. The third-order valence-corrected chi connectivity index (χ3v) is 4.05. The van der Waals surface area contributed by atoms with Crippen LogP contribution in [0.2, 0.25) is 0 Å². The Kier molecular flexibility index (Phi) is 4.70. The van der Waals surface area contributed by atoms with Gasteiger partial charge in [-0.3, -0.25) is 0 Å². The van der Waals surface area contributed by atoms with Crippen LogP contribution in [0.4, 0.5) is 0 Å². The molecule has 0 aromatic carbocycles. The SMILES string of the molecule is CCC(N)Cc1cnc(C2CCCC(C)C2)nc1. The van der Waals surface area contributed by atoms with Gasteiger partial charge in [0.05, 0.1) is 0 Å². The Bertz CT molecular complexity index is 361. The van der Waals surface area contributed by atoms with Gasteiger partial charge < -0.3 is 5.73 Å². The summed E-state index contributed by atoms with van der Waals surface area (Å²) < 4.78 is 0. The molecule has 0 radical (unpaired) electrons. The molecule has 1 fully saturated rings. The van der Waals surface area contributed by atoms with Crippen molar-refractivity contribution >= 4 is 0 Å². The van der Waals surface area contributed by atoms with Gasteiger partial charge in [0.25, 0.3) is 0 Å². The number of nitrogens with two attached hydrogens (primary N) is 1. The van der Waals surface area contributed by atoms with Crippen molar-refractivity contribution in [2.24, 2.45) is 11.7 Å². The maximum absolute atomic E-state index is 5.95. The largest absolute Gasteiger partial charge is 0.327 e. The first-order valence-corrected chi connectivity index (χ1v) is 7.25. The molecule has 3 heteroatoms. The minimum atomic E-state index is 0.231. The average molecular weight is 247 g/mol. The van der Waals surface area contributed by atoms with Gasteiger partial charge >= 0.3 is 0 Å². The second-order valence-electron chi connectivity index (χ2n) is 5.79. The van der Waals surface area contributed by atoms with Crippen molar-refractivity contribution in [1.82, 2.24) is 9.97 Å². The number of aromatic nitrogens is 2. The maximum Gasteiger partial charge on any atom is 0.131 e. The first-order chi connectivity index (χ1) is 8.69. The first kappa shape index (κ1) is 13.5. The Hall–Kier alpha value is -0.960. The molecule has 0 saturated heterocycles. The highest BCUT2D eigenvalue weighted by Crippen LogP contribution is 2.34. The van der Waals surface area contributed by atoms with E-state index in [4.69, 9.17) is 5.73 Å². The summed E-state index contributed by atoms with van der Waals surface area (Å²) in [7, 11) is 0. The Labute approximate surface area is 110 Å². The topological polar surface area (TPSA) is 51.8 Å². The van der Waals surface area contributed by atoms with Crippen LogP contribution in [0, 0.1) is 5.92 Å². The van der Waals surface area contributed by atoms with Gasteiger partial charge in [-0.15, -0.1) is 0 Å². The van der Waals surface area contributed by atoms with Crippen molar-refractivity contribution in [2.45, 2.75) is 64.3 Å². The van der Waals surface area contributed by atoms with Crippen molar-refractivity contribution in [2.75, 3.05) is 0 Å². The van der Waals surface area contributed by atoms with E-state index in [1.165, 1.54) is 25.7 Å². The second-order valence-corrected chi connectivity index (χ2v) is 5.79. The molecule has 0 aliphatic heterocycles. The van der Waals surface area contributed by atoms with E-state index >= 15 is 0 Å². The lowest BCUT2D eigenvalue weighted by molar-refractivity contribution is 0.335. The van der Waals surface area contributed by atoms with Crippen molar-refractivity contribution in [3.05, 3.63) is 23.8 Å². The van der Waals surface area contributed by atoms with E-state index in [2.05, 4.69) is 23.8 Å². The molecule has 0 bridgehead atoms. The highest BCUT2D eigenvalue weighted by Gasteiger charge is 2.22. The Morgan fingerprint density at radius 3 is 2.67 bits per heavy atom. The third-order valence-electron chi connectivity index (χ3n) is 4.05. The van der Waals surface area contributed by atoms with Gasteiger partial charge in [0, 0.05) is 24.4 Å². The summed E-state index contributed by atoms with van der Waals surface area (Å²) in [5.41, 5.74) is 7.11. The van der Waals surface area contributed by atoms with E-state index in [1.54, 1.807) is 0 Å². The van der Waals surface area contributed by atoms with Gasteiger partial charge in [-0.05, 0) is 37.2 Å². The highest BCUT2D eigenvalue weighted by atomic mass is 14.9. The fourth-order valence-electron chi connectivity index (χ4n) is 2.80. The van der Waals surface area contributed by atoms with E-state index in [9.17, 15) is 0 Å². The van der Waals surface area contributed by atoms with Crippen molar-refractivity contribution in [3.63, 3.8) is 0 Å². The number of rotatable bonds is 4. The molecule has 1 aliphatic carbocycles. The molecule has 1 aromatic heterocycles. The summed E-state index contributed by atoms with van der Waals surface area (Å²) in [6.45, 7) is 4.45. The van der Waals surface area contributed by atoms with E-state index < -0.39 is 0 Å². The Balaban J connectivity index is 1.98. The monoisotopic (exact) mass is 247 g/mol. The van der Waals surface area contributed by atoms with Crippen LogP contribution in [0.25, 0.3) is 0 Å². The Morgan fingerprint density at radius 2 is 2.06 bits per heavy atom. The maximum atomic E-state index is 5.95. The predicted octanol–water partition coefficient (Wildman–Crippen LogP) is 3.05. The third kappa shape index (κ3) is 3.52. The molecule has 3 atom stereocenters. The zero-order valence-electron chi connectivity index (χ0n) is 11.6. The van der Waals surface area contributed by atoms with E-state index in [0.717, 1.165) is 30.1 Å². The van der Waals surface area contributed by atoms with E-state index in [-0.39, 0.29) is 6.04 Å². The molecule has 3 unspecified atom stereocenters. The zero-order chi connectivity index (χ0) is 13.0. The minimum absolute atomic E-state index is 0.231. The fraction of sp³-hybridized carbons (Fsp3) is 0.733. The summed E-state index contributed by atoms with van der Waals surface area (Å²) in [5, 5.41) is 0. The number of hydrogen-bond donors (Lipinski definition) is 1.